The average molecular weight is 285 g/mol. The lowest BCUT2D eigenvalue weighted by molar-refractivity contribution is 0.527. The van der Waals surface area contributed by atoms with Gasteiger partial charge in [-0.15, -0.1) is 15.3 Å². The van der Waals surface area contributed by atoms with Crippen molar-refractivity contribution >= 4 is 11.5 Å². The van der Waals surface area contributed by atoms with Crippen LogP contribution in [-0.4, -0.2) is 36.1 Å². The van der Waals surface area contributed by atoms with Crippen molar-refractivity contribution in [1.29, 1.82) is 0 Å². The van der Waals surface area contributed by atoms with Crippen LogP contribution in [0.15, 0.2) is 30.6 Å². The minimum absolute atomic E-state index is 0.0971. The summed E-state index contributed by atoms with van der Waals surface area (Å²) in [5, 5.41) is 20.4. The molecule has 21 heavy (non-hydrogen) atoms. The zero-order valence-electron chi connectivity index (χ0n) is 12.5. The molecule has 3 aromatic heterocycles. The largest absolute Gasteiger partial charge is 0.367 e. The van der Waals surface area contributed by atoms with Crippen molar-refractivity contribution in [2.75, 3.05) is 11.9 Å². The third kappa shape index (κ3) is 2.86. The lowest BCUT2D eigenvalue weighted by Gasteiger charge is -2.15. The molecule has 0 aromatic carbocycles. The van der Waals surface area contributed by atoms with E-state index >= 15 is 0 Å². The highest BCUT2D eigenvalue weighted by atomic mass is 15.4. The van der Waals surface area contributed by atoms with E-state index in [0.29, 0.717) is 0 Å². The fourth-order valence-corrected chi connectivity index (χ4v) is 2.08. The van der Waals surface area contributed by atoms with E-state index in [0.717, 1.165) is 30.4 Å². The van der Waals surface area contributed by atoms with Crippen molar-refractivity contribution in [1.82, 2.24) is 29.6 Å². The van der Waals surface area contributed by atoms with Crippen molar-refractivity contribution in [3.8, 4) is 0 Å². The zero-order chi connectivity index (χ0) is 14.9. The Morgan fingerprint density at radius 1 is 1.19 bits per heavy atom. The van der Waals surface area contributed by atoms with Gasteiger partial charge in [0.05, 0.1) is 6.54 Å². The summed E-state index contributed by atoms with van der Waals surface area (Å²) in [6, 6.07) is 5.75. The van der Waals surface area contributed by atoms with Crippen LogP contribution >= 0.6 is 0 Å². The van der Waals surface area contributed by atoms with E-state index in [1.807, 2.05) is 29.1 Å². The van der Waals surface area contributed by atoms with Gasteiger partial charge in [0.1, 0.15) is 5.82 Å². The molecule has 7 nitrogen and oxygen atoms in total. The molecule has 0 radical (unpaired) electrons. The average Bonchev–Trinajstić information content (AvgIpc) is 3.05. The van der Waals surface area contributed by atoms with Crippen molar-refractivity contribution in [2.45, 2.75) is 32.7 Å². The van der Waals surface area contributed by atoms with Gasteiger partial charge in [0.2, 0.25) is 0 Å². The van der Waals surface area contributed by atoms with Crippen LogP contribution in [0.1, 0.15) is 26.6 Å². The van der Waals surface area contributed by atoms with Gasteiger partial charge in [0, 0.05) is 24.4 Å². The molecule has 0 amide bonds. The van der Waals surface area contributed by atoms with E-state index in [1.54, 1.807) is 10.7 Å². The van der Waals surface area contributed by atoms with Crippen LogP contribution < -0.4 is 5.32 Å². The number of hydrogen-bond acceptors (Lipinski definition) is 5. The molecule has 0 saturated carbocycles. The molecule has 3 aromatic rings. The van der Waals surface area contributed by atoms with Crippen LogP contribution in [0.3, 0.4) is 0 Å². The Hall–Kier alpha value is -2.44. The summed E-state index contributed by atoms with van der Waals surface area (Å²) in [6.45, 7) is 7.85. The molecular formula is C14H19N7. The summed E-state index contributed by atoms with van der Waals surface area (Å²) in [5.41, 5.74) is 0.664. The molecule has 0 aliphatic heterocycles. The van der Waals surface area contributed by atoms with Crippen LogP contribution in [0.25, 0.3) is 5.65 Å². The van der Waals surface area contributed by atoms with Crippen LogP contribution in [0.2, 0.25) is 0 Å². The van der Waals surface area contributed by atoms with Gasteiger partial charge in [-0.25, -0.2) is 0 Å². The fraction of sp³-hybridized carbons (Fsp3) is 0.429. The smallest absolute Gasteiger partial charge is 0.178 e. The standard InChI is InChI=1S/C14H19N7/c1-14(2,3)13-18-17-12-6-5-11(19-21(12)13)15-8-10-20-9-4-7-16-20/h4-7,9H,8,10H2,1-3H3,(H,15,19). The maximum atomic E-state index is 4.57. The number of nitrogens with zero attached hydrogens (tertiary/aromatic N) is 6. The number of nitrogens with one attached hydrogen (secondary N) is 1. The maximum Gasteiger partial charge on any atom is 0.178 e. The third-order valence-electron chi connectivity index (χ3n) is 3.14. The topological polar surface area (TPSA) is 72.9 Å². The number of aromatic nitrogens is 6. The molecule has 0 fully saturated rings. The van der Waals surface area contributed by atoms with Crippen LogP contribution in [0, 0.1) is 0 Å². The van der Waals surface area contributed by atoms with Gasteiger partial charge in [-0.2, -0.15) is 9.61 Å². The van der Waals surface area contributed by atoms with Crippen LogP contribution in [0.4, 0.5) is 5.82 Å². The second kappa shape index (κ2) is 5.16. The number of fused-ring (bicyclic) bond motifs is 1. The normalized spacial score (nSPS) is 12.0. The van der Waals surface area contributed by atoms with Crippen LogP contribution in [0.5, 0.6) is 0 Å². The molecule has 0 spiro atoms. The first-order valence-electron chi connectivity index (χ1n) is 6.98. The highest BCUT2D eigenvalue weighted by Crippen LogP contribution is 2.20. The molecule has 0 atom stereocenters. The summed E-state index contributed by atoms with van der Waals surface area (Å²) >= 11 is 0. The minimum Gasteiger partial charge on any atom is -0.367 e. The zero-order valence-corrected chi connectivity index (χ0v) is 12.5. The first kappa shape index (κ1) is 13.5. The quantitative estimate of drug-likeness (QED) is 0.790. The molecular weight excluding hydrogens is 266 g/mol. The van der Waals surface area contributed by atoms with Crippen LogP contribution in [-0.2, 0) is 12.0 Å². The number of hydrogen-bond donors (Lipinski definition) is 1. The van der Waals surface area contributed by atoms with Gasteiger partial charge in [-0.05, 0) is 18.2 Å². The molecule has 0 aliphatic rings. The molecule has 1 N–H and O–H groups in total. The van der Waals surface area contributed by atoms with E-state index in [4.69, 9.17) is 0 Å². The molecule has 0 unspecified atom stereocenters. The van der Waals surface area contributed by atoms with Crippen molar-refractivity contribution in [3.05, 3.63) is 36.4 Å². The monoisotopic (exact) mass is 285 g/mol. The van der Waals surface area contributed by atoms with E-state index < -0.39 is 0 Å². The van der Waals surface area contributed by atoms with Crippen molar-refractivity contribution < 1.29 is 0 Å². The number of anilines is 1. The van der Waals surface area contributed by atoms with Gasteiger partial charge in [-0.1, -0.05) is 20.8 Å². The Balaban J connectivity index is 1.77. The minimum atomic E-state index is -0.0971. The summed E-state index contributed by atoms with van der Waals surface area (Å²) < 4.78 is 3.68. The van der Waals surface area contributed by atoms with Crippen molar-refractivity contribution in [2.24, 2.45) is 0 Å². The van der Waals surface area contributed by atoms with Gasteiger partial charge < -0.3 is 5.32 Å². The Labute approximate surface area is 123 Å². The van der Waals surface area contributed by atoms with E-state index in [1.165, 1.54) is 0 Å². The van der Waals surface area contributed by atoms with E-state index in [9.17, 15) is 0 Å². The molecule has 0 bridgehead atoms. The molecule has 7 heteroatoms. The first-order valence-corrected chi connectivity index (χ1v) is 6.98. The Bertz CT molecular complexity index is 721. The SMILES string of the molecule is CC(C)(C)c1nnc2ccc(NCCn3cccn3)nn12. The summed E-state index contributed by atoms with van der Waals surface area (Å²) in [7, 11) is 0. The predicted octanol–water partition coefficient (Wildman–Crippen LogP) is 1.73. The third-order valence-corrected chi connectivity index (χ3v) is 3.14. The molecule has 0 saturated heterocycles. The molecule has 110 valence electrons. The Kier molecular flexibility index (Phi) is 3.32. The van der Waals surface area contributed by atoms with Gasteiger partial charge in [-0.3, -0.25) is 4.68 Å². The summed E-state index contributed by atoms with van der Waals surface area (Å²) in [4.78, 5) is 0. The predicted molar refractivity (Wildman–Crippen MR) is 80.2 cm³/mol. The van der Waals surface area contributed by atoms with Crippen molar-refractivity contribution in [3.63, 3.8) is 0 Å². The molecule has 0 aliphatic carbocycles. The highest BCUT2D eigenvalue weighted by molar-refractivity contribution is 5.44. The molecule has 3 heterocycles. The van der Waals surface area contributed by atoms with Gasteiger partial charge in [0.25, 0.3) is 0 Å². The maximum absolute atomic E-state index is 4.57. The Morgan fingerprint density at radius 3 is 2.76 bits per heavy atom. The lowest BCUT2D eigenvalue weighted by atomic mass is 9.96. The summed E-state index contributed by atoms with van der Waals surface area (Å²) in [5.74, 6) is 1.66. The van der Waals surface area contributed by atoms with Gasteiger partial charge >= 0.3 is 0 Å². The van der Waals surface area contributed by atoms with E-state index in [-0.39, 0.29) is 5.41 Å². The molecule has 3 rings (SSSR count). The lowest BCUT2D eigenvalue weighted by Crippen LogP contribution is -2.18. The van der Waals surface area contributed by atoms with E-state index in [2.05, 4.69) is 46.5 Å². The second-order valence-corrected chi connectivity index (χ2v) is 5.96. The number of rotatable bonds is 4. The Morgan fingerprint density at radius 2 is 2.05 bits per heavy atom. The van der Waals surface area contributed by atoms with Gasteiger partial charge in [0.15, 0.2) is 11.5 Å². The summed E-state index contributed by atoms with van der Waals surface area (Å²) in [6.07, 6.45) is 3.72. The highest BCUT2D eigenvalue weighted by Gasteiger charge is 2.21. The first-order chi connectivity index (χ1) is 10.0. The fourth-order valence-electron chi connectivity index (χ4n) is 2.08. The second-order valence-electron chi connectivity index (χ2n) is 5.96.